The summed E-state index contributed by atoms with van der Waals surface area (Å²) < 4.78 is 13.0. The topological polar surface area (TPSA) is 68.6 Å². The van der Waals surface area contributed by atoms with Gasteiger partial charge in [-0.05, 0) is 62.3 Å². The van der Waals surface area contributed by atoms with Gasteiger partial charge < -0.3 is 14.4 Å². The predicted octanol–water partition coefficient (Wildman–Crippen LogP) is 5.84. The van der Waals surface area contributed by atoms with Crippen molar-refractivity contribution in [2.75, 3.05) is 38.2 Å². The standard InChI is InChI=1S/C24H31ClN4O3.ClH/c1-4-28(5-2)14-7-15-32-23-21-16-20(26-24(30)31-6-3)12-13-22(21)29(27-23)17-18-8-10-19(25)11-9-18;/h8-13,16H,4-7,14-15,17H2,1-3H3,(H,26,30);1H. The van der Waals surface area contributed by atoms with Crippen molar-refractivity contribution in [2.45, 2.75) is 33.7 Å². The van der Waals surface area contributed by atoms with Crippen LogP contribution in [0.5, 0.6) is 5.88 Å². The molecule has 0 atom stereocenters. The van der Waals surface area contributed by atoms with Crippen molar-refractivity contribution in [3.05, 3.63) is 53.1 Å². The van der Waals surface area contributed by atoms with Gasteiger partial charge in [-0.3, -0.25) is 10.00 Å². The quantitative estimate of drug-likeness (QED) is 0.339. The molecule has 180 valence electrons. The van der Waals surface area contributed by atoms with Crippen molar-refractivity contribution in [1.82, 2.24) is 14.7 Å². The lowest BCUT2D eigenvalue weighted by Crippen LogP contribution is -2.25. The average molecular weight is 495 g/mol. The Morgan fingerprint density at radius 1 is 1.12 bits per heavy atom. The van der Waals surface area contributed by atoms with Crippen molar-refractivity contribution in [3.63, 3.8) is 0 Å². The van der Waals surface area contributed by atoms with E-state index in [2.05, 4.69) is 24.1 Å². The van der Waals surface area contributed by atoms with E-state index in [0.717, 1.165) is 42.5 Å². The van der Waals surface area contributed by atoms with Crippen LogP contribution in [0.15, 0.2) is 42.5 Å². The molecular formula is C24H32Cl2N4O3. The third-order valence-corrected chi connectivity index (χ3v) is 5.49. The van der Waals surface area contributed by atoms with Gasteiger partial charge in [-0.2, -0.15) is 0 Å². The largest absolute Gasteiger partial charge is 0.476 e. The van der Waals surface area contributed by atoms with Crippen molar-refractivity contribution < 1.29 is 14.3 Å². The lowest BCUT2D eigenvalue weighted by Gasteiger charge is -2.17. The maximum absolute atomic E-state index is 11.8. The van der Waals surface area contributed by atoms with Crippen LogP contribution >= 0.6 is 24.0 Å². The summed E-state index contributed by atoms with van der Waals surface area (Å²) in [5.74, 6) is 0.556. The monoisotopic (exact) mass is 494 g/mol. The van der Waals surface area contributed by atoms with Crippen LogP contribution in [0.2, 0.25) is 5.02 Å². The van der Waals surface area contributed by atoms with Crippen molar-refractivity contribution in [2.24, 2.45) is 0 Å². The minimum absolute atomic E-state index is 0. The molecule has 0 unspecified atom stereocenters. The highest BCUT2D eigenvalue weighted by Crippen LogP contribution is 2.29. The lowest BCUT2D eigenvalue weighted by atomic mass is 10.2. The zero-order valence-electron chi connectivity index (χ0n) is 19.3. The summed E-state index contributed by atoms with van der Waals surface area (Å²) in [7, 11) is 0. The Balaban J connectivity index is 0.00000385. The fourth-order valence-electron chi connectivity index (χ4n) is 3.50. The number of halogens is 2. The summed E-state index contributed by atoms with van der Waals surface area (Å²) in [6, 6.07) is 13.3. The van der Waals surface area contributed by atoms with Gasteiger partial charge in [0.1, 0.15) is 0 Å². The second kappa shape index (κ2) is 13.3. The number of hydrogen-bond acceptors (Lipinski definition) is 5. The number of carbonyl (C=O) groups is 1. The normalized spacial score (nSPS) is 10.8. The number of hydrogen-bond donors (Lipinski definition) is 1. The fourth-order valence-corrected chi connectivity index (χ4v) is 3.63. The van der Waals surface area contributed by atoms with E-state index >= 15 is 0 Å². The Hall–Kier alpha value is -2.48. The van der Waals surface area contributed by atoms with E-state index < -0.39 is 6.09 Å². The molecule has 1 N–H and O–H groups in total. The second-order valence-electron chi connectivity index (χ2n) is 7.40. The molecule has 2 aromatic carbocycles. The molecule has 0 bridgehead atoms. The summed E-state index contributed by atoms with van der Waals surface area (Å²) in [6.45, 7) is 10.6. The third kappa shape index (κ3) is 7.52. The number of aromatic nitrogens is 2. The maximum atomic E-state index is 11.8. The zero-order chi connectivity index (χ0) is 22.9. The number of nitrogens with zero attached hydrogens (tertiary/aromatic N) is 3. The van der Waals surface area contributed by atoms with E-state index in [4.69, 9.17) is 26.2 Å². The smallest absolute Gasteiger partial charge is 0.411 e. The highest BCUT2D eigenvalue weighted by Gasteiger charge is 2.14. The summed E-state index contributed by atoms with van der Waals surface area (Å²) >= 11 is 6.02. The molecule has 0 saturated heterocycles. The molecule has 1 aromatic heterocycles. The van der Waals surface area contributed by atoms with E-state index in [-0.39, 0.29) is 12.4 Å². The number of amides is 1. The van der Waals surface area contributed by atoms with Crippen molar-refractivity contribution in [3.8, 4) is 5.88 Å². The van der Waals surface area contributed by atoms with E-state index in [1.807, 2.05) is 47.1 Å². The molecular weight excluding hydrogens is 463 g/mol. The molecule has 9 heteroatoms. The number of rotatable bonds is 11. The van der Waals surface area contributed by atoms with Crippen LogP contribution in [0.3, 0.4) is 0 Å². The van der Waals surface area contributed by atoms with Gasteiger partial charge in [-0.1, -0.05) is 37.6 Å². The predicted molar refractivity (Wildman–Crippen MR) is 136 cm³/mol. The van der Waals surface area contributed by atoms with E-state index in [1.165, 1.54) is 0 Å². The molecule has 3 aromatic rings. The van der Waals surface area contributed by atoms with Crippen LogP contribution in [0, 0.1) is 0 Å². The number of carbonyl (C=O) groups excluding carboxylic acids is 1. The number of ether oxygens (including phenoxy) is 2. The van der Waals surface area contributed by atoms with E-state index in [0.29, 0.717) is 36.3 Å². The molecule has 1 amide bonds. The number of benzene rings is 2. The molecule has 0 spiro atoms. The molecule has 0 aliphatic heterocycles. The first-order valence-electron chi connectivity index (χ1n) is 11.1. The van der Waals surface area contributed by atoms with Gasteiger partial charge >= 0.3 is 6.09 Å². The first-order chi connectivity index (χ1) is 15.5. The molecule has 33 heavy (non-hydrogen) atoms. The van der Waals surface area contributed by atoms with Crippen LogP contribution in [0.1, 0.15) is 32.8 Å². The molecule has 0 fully saturated rings. The zero-order valence-corrected chi connectivity index (χ0v) is 20.9. The highest BCUT2D eigenvalue weighted by molar-refractivity contribution is 6.30. The lowest BCUT2D eigenvalue weighted by molar-refractivity contribution is 0.168. The van der Waals surface area contributed by atoms with Crippen LogP contribution in [0.4, 0.5) is 10.5 Å². The molecule has 0 aliphatic carbocycles. The van der Waals surface area contributed by atoms with Crippen molar-refractivity contribution >= 4 is 46.7 Å². The van der Waals surface area contributed by atoms with Crippen LogP contribution in [-0.4, -0.2) is 53.6 Å². The SMILES string of the molecule is CCOC(=O)Nc1ccc2c(c1)c(OCCCN(CC)CC)nn2Cc1ccc(Cl)cc1.Cl. The van der Waals surface area contributed by atoms with E-state index in [9.17, 15) is 4.79 Å². The fraction of sp³-hybridized carbons (Fsp3) is 0.417. The summed E-state index contributed by atoms with van der Waals surface area (Å²) in [5.41, 5.74) is 2.64. The molecule has 3 rings (SSSR count). The third-order valence-electron chi connectivity index (χ3n) is 5.24. The van der Waals surface area contributed by atoms with Crippen LogP contribution in [-0.2, 0) is 11.3 Å². The highest BCUT2D eigenvalue weighted by atomic mass is 35.5. The minimum atomic E-state index is -0.484. The summed E-state index contributed by atoms with van der Waals surface area (Å²) in [4.78, 5) is 14.2. The van der Waals surface area contributed by atoms with Gasteiger partial charge in [-0.25, -0.2) is 4.79 Å². The molecule has 0 radical (unpaired) electrons. The number of fused-ring (bicyclic) bond motifs is 1. The molecule has 7 nitrogen and oxygen atoms in total. The Labute approximate surface area is 206 Å². The van der Waals surface area contributed by atoms with Gasteiger partial charge in [0.25, 0.3) is 0 Å². The maximum Gasteiger partial charge on any atom is 0.411 e. The Morgan fingerprint density at radius 2 is 1.85 bits per heavy atom. The number of nitrogens with one attached hydrogen (secondary N) is 1. The second-order valence-corrected chi connectivity index (χ2v) is 7.83. The summed E-state index contributed by atoms with van der Waals surface area (Å²) in [6.07, 6.45) is 0.427. The number of anilines is 1. The minimum Gasteiger partial charge on any atom is -0.476 e. The van der Waals surface area contributed by atoms with E-state index in [1.54, 1.807) is 6.92 Å². The summed E-state index contributed by atoms with van der Waals surface area (Å²) in [5, 5.41) is 9.02. The molecule has 0 aliphatic rings. The Kier molecular flexibility index (Phi) is 10.8. The molecule has 0 saturated carbocycles. The Bertz CT molecular complexity index is 1020. The van der Waals surface area contributed by atoms with Gasteiger partial charge in [-0.15, -0.1) is 17.5 Å². The van der Waals surface area contributed by atoms with Gasteiger partial charge in [0.05, 0.1) is 30.7 Å². The van der Waals surface area contributed by atoms with Crippen LogP contribution < -0.4 is 10.1 Å². The average Bonchev–Trinajstić information content (AvgIpc) is 3.12. The molecule has 1 heterocycles. The first-order valence-corrected chi connectivity index (χ1v) is 11.5. The first kappa shape index (κ1) is 26.8. The Morgan fingerprint density at radius 3 is 2.52 bits per heavy atom. The van der Waals surface area contributed by atoms with Gasteiger partial charge in [0.2, 0.25) is 5.88 Å². The van der Waals surface area contributed by atoms with Gasteiger partial charge in [0.15, 0.2) is 0 Å². The van der Waals surface area contributed by atoms with Crippen molar-refractivity contribution in [1.29, 1.82) is 0 Å². The van der Waals surface area contributed by atoms with Gasteiger partial charge in [0, 0.05) is 17.3 Å². The van der Waals surface area contributed by atoms with Crippen LogP contribution in [0.25, 0.3) is 10.9 Å².